The predicted molar refractivity (Wildman–Crippen MR) is 148 cm³/mol. The third-order valence-electron chi connectivity index (χ3n) is 10.9. The topological polar surface area (TPSA) is 17.0 Å². The van der Waals surface area contributed by atoms with Crippen LogP contribution in [0.15, 0.2) is 65.1 Å². The minimum atomic E-state index is -0.0340. The molecule has 4 atom stereocenters. The molecule has 1 aliphatic heterocycles. The predicted octanol–water partition coefficient (Wildman–Crippen LogP) is 8.86. The second kappa shape index (κ2) is 6.79. The van der Waals surface area contributed by atoms with Crippen molar-refractivity contribution in [2.24, 2.45) is 0 Å². The number of benzene rings is 3. The molecule has 3 aromatic carbocycles. The smallest absolute Gasteiger partial charge is 0.217 e. The Kier molecular flexibility index (Phi) is 3.96. The van der Waals surface area contributed by atoms with E-state index in [1.54, 1.807) is 11.1 Å². The van der Waals surface area contributed by atoms with E-state index in [2.05, 4.69) is 92.9 Å². The number of hydrogen-bond donors (Lipinski definition) is 0. The average Bonchev–Trinajstić information content (AvgIpc) is 3.63. The highest BCUT2D eigenvalue weighted by molar-refractivity contribution is 6.06. The molecule has 0 N–H and O–H groups in total. The van der Waals surface area contributed by atoms with Crippen molar-refractivity contribution < 1.29 is 8.98 Å². The van der Waals surface area contributed by atoms with Crippen LogP contribution >= 0.6 is 0 Å². The van der Waals surface area contributed by atoms with E-state index in [0.717, 1.165) is 24.0 Å². The molecule has 8 rings (SSSR count). The van der Waals surface area contributed by atoms with Gasteiger partial charge in [0.2, 0.25) is 11.2 Å². The maximum absolute atomic E-state index is 6.47. The molecular weight excluding hydrogens is 438 g/mol. The average molecular weight is 473 g/mol. The maximum atomic E-state index is 6.47. The third-order valence-corrected chi connectivity index (χ3v) is 10.9. The molecule has 3 heterocycles. The van der Waals surface area contributed by atoms with Crippen LogP contribution < -0.4 is 4.57 Å². The molecule has 1 saturated carbocycles. The Hall–Kier alpha value is -3.13. The number of hydrogen-bond acceptors (Lipinski definition) is 1. The first kappa shape index (κ1) is 21.0. The van der Waals surface area contributed by atoms with Gasteiger partial charge in [-0.25, -0.2) is 0 Å². The number of furan rings is 1. The van der Waals surface area contributed by atoms with Crippen LogP contribution in [0.25, 0.3) is 44.1 Å². The monoisotopic (exact) mass is 472 g/mol. The summed E-state index contributed by atoms with van der Waals surface area (Å²) in [5, 5.41) is 3.98. The van der Waals surface area contributed by atoms with E-state index in [4.69, 9.17) is 4.42 Å². The Morgan fingerprint density at radius 3 is 2.31 bits per heavy atom. The van der Waals surface area contributed by atoms with Crippen molar-refractivity contribution in [3.63, 3.8) is 0 Å². The minimum absolute atomic E-state index is 0.00403. The van der Waals surface area contributed by atoms with Gasteiger partial charge in [0, 0.05) is 35.7 Å². The summed E-state index contributed by atoms with van der Waals surface area (Å²) in [4.78, 5) is 0. The number of pyridine rings is 1. The molecular formula is C34H34NO+. The second-order valence-corrected chi connectivity index (χ2v) is 12.0. The number of fused-ring (bicyclic) bond motifs is 15. The Morgan fingerprint density at radius 2 is 1.53 bits per heavy atom. The molecule has 2 aliphatic carbocycles. The maximum Gasteiger partial charge on any atom is 0.217 e. The number of aromatic nitrogens is 1. The van der Waals surface area contributed by atoms with Crippen LogP contribution in [-0.2, 0) is 11.0 Å². The lowest BCUT2D eigenvalue weighted by Crippen LogP contribution is -2.68. The van der Waals surface area contributed by atoms with Crippen LogP contribution in [0.3, 0.4) is 0 Å². The molecule has 4 unspecified atom stereocenters. The van der Waals surface area contributed by atoms with Crippen molar-refractivity contribution in [1.29, 1.82) is 0 Å². The molecule has 2 nitrogen and oxygen atoms in total. The molecule has 3 aliphatic rings. The van der Waals surface area contributed by atoms with Crippen LogP contribution in [0.1, 0.15) is 88.3 Å². The van der Waals surface area contributed by atoms with Gasteiger partial charge in [-0.05, 0) is 79.8 Å². The Morgan fingerprint density at radius 1 is 0.806 bits per heavy atom. The largest absolute Gasteiger partial charge is 0.456 e. The van der Waals surface area contributed by atoms with Crippen LogP contribution in [0.4, 0.5) is 0 Å². The van der Waals surface area contributed by atoms with Crippen LogP contribution in [0, 0.1) is 0 Å². The number of rotatable bonds is 2. The highest BCUT2D eigenvalue weighted by Gasteiger charge is 2.59. The summed E-state index contributed by atoms with van der Waals surface area (Å²) in [6.07, 6.45) is 6.19. The first-order valence-corrected chi connectivity index (χ1v) is 14.0. The molecule has 2 heteroatoms. The number of para-hydroxylation sites is 2. The Labute approximate surface area is 212 Å². The summed E-state index contributed by atoms with van der Waals surface area (Å²) in [5.74, 6) is 1.40. The molecule has 2 bridgehead atoms. The van der Waals surface area contributed by atoms with Crippen molar-refractivity contribution in [3.8, 4) is 11.3 Å². The van der Waals surface area contributed by atoms with Crippen molar-refractivity contribution in [1.82, 2.24) is 0 Å². The van der Waals surface area contributed by atoms with E-state index in [1.807, 2.05) is 0 Å². The molecule has 0 amide bonds. The van der Waals surface area contributed by atoms with E-state index in [-0.39, 0.29) is 11.0 Å². The van der Waals surface area contributed by atoms with E-state index in [0.29, 0.717) is 11.8 Å². The Balaban J connectivity index is 1.61. The second-order valence-electron chi connectivity index (χ2n) is 12.0. The van der Waals surface area contributed by atoms with Crippen molar-refractivity contribution in [3.05, 3.63) is 77.4 Å². The van der Waals surface area contributed by atoms with Gasteiger partial charge in [-0.2, -0.15) is 4.57 Å². The van der Waals surface area contributed by atoms with Gasteiger partial charge in [-0.1, -0.05) is 44.2 Å². The van der Waals surface area contributed by atoms with E-state index in [9.17, 15) is 0 Å². The molecule has 5 aromatic rings. The summed E-state index contributed by atoms with van der Waals surface area (Å²) in [7, 11) is 0. The van der Waals surface area contributed by atoms with Crippen LogP contribution in [0.5, 0.6) is 0 Å². The SMILES string of the molecule is CCC1(C)c2cc3c(cc2-c2c4c(c5ccccc5[n+]2C1(C)CC)C1CCC4C1)oc1ccccc13. The fourth-order valence-corrected chi connectivity index (χ4v) is 8.63. The normalized spacial score (nSPS) is 28.1. The molecule has 1 fully saturated rings. The highest BCUT2D eigenvalue weighted by Crippen LogP contribution is 2.60. The quantitative estimate of drug-likeness (QED) is 0.234. The molecule has 2 aromatic heterocycles. The first-order chi connectivity index (χ1) is 17.5. The lowest BCUT2D eigenvalue weighted by Gasteiger charge is -2.47. The summed E-state index contributed by atoms with van der Waals surface area (Å²) in [6, 6.07) is 22.7. The van der Waals surface area contributed by atoms with Gasteiger partial charge in [0.1, 0.15) is 11.2 Å². The summed E-state index contributed by atoms with van der Waals surface area (Å²) < 4.78 is 9.27. The van der Waals surface area contributed by atoms with Gasteiger partial charge < -0.3 is 4.42 Å². The molecule has 180 valence electrons. The Bertz CT molecular complexity index is 1740. The van der Waals surface area contributed by atoms with Crippen molar-refractivity contribution in [2.45, 2.75) is 82.6 Å². The van der Waals surface area contributed by atoms with Gasteiger partial charge in [-0.3, -0.25) is 0 Å². The van der Waals surface area contributed by atoms with E-state index < -0.39 is 0 Å². The van der Waals surface area contributed by atoms with Crippen molar-refractivity contribution in [2.75, 3.05) is 0 Å². The summed E-state index contributed by atoms with van der Waals surface area (Å²) in [5.41, 5.74) is 11.1. The van der Waals surface area contributed by atoms with Gasteiger partial charge in [0.05, 0.1) is 16.4 Å². The minimum Gasteiger partial charge on any atom is -0.456 e. The molecule has 0 spiro atoms. The third kappa shape index (κ3) is 2.24. The highest BCUT2D eigenvalue weighted by atomic mass is 16.3. The molecule has 36 heavy (non-hydrogen) atoms. The zero-order valence-electron chi connectivity index (χ0n) is 21.8. The van der Waals surface area contributed by atoms with Gasteiger partial charge in [-0.15, -0.1) is 0 Å². The molecule has 0 saturated heterocycles. The van der Waals surface area contributed by atoms with E-state index in [1.165, 1.54) is 57.8 Å². The fraction of sp³-hybridized carbons (Fsp3) is 0.382. The van der Waals surface area contributed by atoms with Gasteiger partial charge in [0.25, 0.3) is 0 Å². The van der Waals surface area contributed by atoms with Crippen LogP contribution in [0.2, 0.25) is 0 Å². The van der Waals surface area contributed by atoms with Crippen LogP contribution in [-0.4, -0.2) is 0 Å². The standard InChI is InChI=1S/C34H34NO/c1-5-33(3)26-18-24-22-11-8-10-14-28(22)36-29(24)19-25(26)32-31-21-16-15-20(17-21)30(31)23-12-7-9-13-27(23)35(32)34(33,4)6-2/h7-14,18-21H,5-6,15-17H2,1-4H3/q+1. The van der Waals surface area contributed by atoms with Gasteiger partial charge >= 0.3 is 0 Å². The first-order valence-electron chi connectivity index (χ1n) is 14.0. The lowest BCUT2D eigenvalue weighted by molar-refractivity contribution is -0.743. The number of nitrogens with zero attached hydrogens (tertiary/aromatic N) is 1. The van der Waals surface area contributed by atoms with Crippen molar-refractivity contribution >= 4 is 32.8 Å². The zero-order chi connectivity index (χ0) is 24.4. The summed E-state index contributed by atoms with van der Waals surface area (Å²) in [6.45, 7) is 9.84. The lowest BCUT2D eigenvalue weighted by atomic mass is 9.59. The fourth-order valence-electron chi connectivity index (χ4n) is 8.63. The van der Waals surface area contributed by atoms with Gasteiger partial charge in [0.15, 0.2) is 5.54 Å². The molecule has 0 radical (unpaired) electrons. The van der Waals surface area contributed by atoms with E-state index >= 15 is 0 Å². The zero-order valence-corrected chi connectivity index (χ0v) is 21.8. The summed E-state index contributed by atoms with van der Waals surface area (Å²) >= 11 is 0.